The van der Waals surface area contributed by atoms with Crippen molar-refractivity contribution in [3.05, 3.63) is 29.3 Å². The molecule has 1 N–H and O–H groups in total. The lowest BCUT2D eigenvalue weighted by atomic mass is 9.96. The van der Waals surface area contributed by atoms with E-state index >= 15 is 0 Å². The number of hydrogen-bond acceptors (Lipinski definition) is 2. The molecule has 94 valence electrons. The molecule has 1 aromatic carbocycles. The van der Waals surface area contributed by atoms with Crippen LogP contribution in [0.5, 0.6) is 0 Å². The van der Waals surface area contributed by atoms with Crippen LogP contribution in [0.2, 0.25) is 5.02 Å². The number of benzene rings is 1. The van der Waals surface area contributed by atoms with Gasteiger partial charge < -0.3 is 5.32 Å². The van der Waals surface area contributed by atoms with Crippen molar-refractivity contribution in [1.29, 1.82) is 0 Å². The van der Waals surface area contributed by atoms with Crippen LogP contribution in [0.4, 0.5) is 0 Å². The summed E-state index contributed by atoms with van der Waals surface area (Å²) >= 11 is 7.83. The largest absolute Gasteiger partial charge is 0.313 e. The number of thioether (sulfide) groups is 1. The summed E-state index contributed by atoms with van der Waals surface area (Å²) in [6.45, 7) is 1.10. The fourth-order valence-corrected chi connectivity index (χ4v) is 3.39. The summed E-state index contributed by atoms with van der Waals surface area (Å²) in [7, 11) is 0. The minimum Gasteiger partial charge on any atom is -0.313 e. The molecule has 0 bridgehead atoms. The van der Waals surface area contributed by atoms with Gasteiger partial charge in [0.15, 0.2) is 0 Å². The average Bonchev–Trinajstić information content (AvgIpc) is 2.36. The minimum atomic E-state index is 0.767. The fourth-order valence-electron chi connectivity index (χ4n) is 2.30. The van der Waals surface area contributed by atoms with Crippen LogP contribution < -0.4 is 5.32 Å². The molecule has 0 aromatic heterocycles. The molecule has 0 saturated heterocycles. The quantitative estimate of drug-likeness (QED) is 0.630. The Hall–Kier alpha value is -0.180. The highest BCUT2D eigenvalue weighted by molar-refractivity contribution is 7.99. The second kappa shape index (κ2) is 7.30. The van der Waals surface area contributed by atoms with E-state index in [0.717, 1.165) is 23.4 Å². The number of hydrogen-bond donors (Lipinski definition) is 1. The first-order chi connectivity index (χ1) is 8.34. The SMILES string of the molecule is Clc1cccc(SCCNC2CCCCC2)c1. The third kappa shape index (κ3) is 4.90. The maximum atomic E-state index is 5.95. The van der Waals surface area contributed by atoms with E-state index in [1.165, 1.54) is 37.0 Å². The molecule has 1 nitrogen and oxygen atoms in total. The molecule has 3 heteroatoms. The molecule has 1 aliphatic carbocycles. The van der Waals surface area contributed by atoms with Gasteiger partial charge in [0.25, 0.3) is 0 Å². The molecule has 0 radical (unpaired) electrons. The van der Waals surface area contributed by atoms with Gasteiger partial charge in [-0.2, -0.15) is 0 Å². The van der Waals surface area contributed by atoms with Crippen molar-refractivity contribution in [3.8, 4) is 0 Å². The van der Waals surface area contributed by atoms with E-state index in [1.54, 1.807) is 0 Å². The van der Waals surface area contributed by atoms with Gasteiger partial charge in [0.1, 0.15) is 0 Å². The zero-order chi connectivity index (χ0) is 11.9. The summed E-state index contributed by atoms with van der Waals surface area (Å²) < 4.78 is 0. The predicted octanol–water partition coefficient (Wildman–Crippen LogP) is 4.35. The minimum absolute atomic E-state index is 0.767. The highest BCUT2D eigenvalue weighted by Crippen LogP contribution is 2.21. The van der Waals surface area contributed by atoms with Gasteiger partial charge in [-0.15, -0.1) is 11.8 Å². The molecule has 1 aliphatic rings. The second-order valence-corrected chi connectivity index (χ2v) is 6.20. The molecule has 0 spiro atoms. The predicted molar refractivity (Wildman–Crippen MR) is 77.1 cm³/mol. The Balaban J connectivity index is 1.62. The molecule has 0 heterocycles. The van der Waals surface area contributed by atoms with Crippen molar-refractivity contribution in [2.45, 2.75) is 43.0 Å². The lowest BCUT2D eigenvalue weighted by molar-refractivity contribution is 0.381. The Morgan fingerprint density at radius 3 is 2.82 bits per heavy atom. The van der Waals surface area contributed by atoms with Gasteiger partial charge in [0.2, 0.25) is 0 Å². The standard InChI is InChI=1S/C14H20ClNS/c15-12-5-4-8-14(11-12)17-10-9-16-13-6-2-1-3-7-13/h4-5,8,11,13,16H,1-3,6-7,9-10H2. The summed E-state index contributed by atoms with van der Waals surface area (Å²) in [6.07, 6.45) is 6.96. The van der Waals surface area contributed by atoms with E-state index in [-0.39, 0.29) is 0 Å². The first-order valence-electron chi connectivity index (χ1n) is 6.46. The molecular formula is C14H20ClNS. The van der Waals surface area contributed by atoms with Crippen LogP contribution in [-0.2, 0) is 0 Å². The van der Waals surface area contributed by atoms with Crippen LogP contribution in [0.3, 0.4) is 0 Å². The van der Waals surface area contributed by atoms with Gasteiger partial charge in [-0.1, -0.05) is 36.9 Å². The van der Waals surface area contributed by atoms with Gasteiger partial charge in [0, 0.05) is 28.3 Å². The van der Waals surface area contributed by atoms with Gasteiger partial charge >= 0.3 is 0 Å². The van der Waals surface area contributed by atoms with E-state index < -0.39 is 0 Å². The molecule has 1 fully saturated rings. The van der Waals surface area contributed by atoms with Crippen LogP contribution in [-0.4, -0.2) is 18.3 Å². The van der Waals surface area contributed by atoms with Gasteiger partial charge in [-0.25, -0.2) is 0 Å². The van der Waals surface area contributed by atoms with Gasteiger partial charge in [-0.05, 0) is 31.0 Å². The van der Waals surface area contributed by atoms with Crippen LogP contribution in [0.25, 0.3) is 0 Å². The second-order valence-electron chi connectivity index (χ2n) is 4.59. The lowest BCUT2D eigenvalue weighted by Gasteiger charge is -2.22. The molecule has 17 heavy (non-hydrogen) atoms. The fraction of sp³-hybridized carbons (Fsp3) is 0.571. The smallest absolute Gasteiger partial charge is 0.0417 e. The maximum absolute atomic E-state index is 5.95. The topological polar surface area (TPSA) is 12.0 Å². The molecule has 0 unspecified atom stereocenters. The number of rotatable bonds is 5. The molecule has 0 amide bonds. The number of halogens is 1. The van der Waals surface area contributed by atoms with Crippen molar-refractivity contribution in [1.82, 2.24) is 5.32 Å². The van der Waals surface area contributed by atoms with Crippen LogP contribution >= 0.6 is 23.4 Å². The monoisotopic (exact) mass is 269 g/mol. The Bertz CT molecular complexity index is 337. The van der Waals surface area contributed by atoms with E-state index in [0.29, 0.717) is 0 Å². The van der Waals surface area contributed by atoms with E-state index in [1.807, 2.05) is 30.0 Å². The molecule has 2 rings (SSSR count). The lowest BCUT2D eigenvalue weighted by Crippen LogP contribution is -2.32. The van der Waals surface area contributed by atoms with E-state index in [2.05, 4.69) is 11.4 Å². The van der Waals surface area contributed by atoms with Crippen LogP contribution in [0.15, 0.2) is 29.2 Å². The average molecular weight is 270 g/mol. The highest BCUT2D eigenvalue weighted by atomic mass is 35.5. The first kappa shape index (κ1) is 13.3. The Morgan fingerprint density at radius 1 is 1.24 bits per heavy atom. The molecule has 1 saturated carbocycles. The Morgan fingerprint density at radius 2 is 2.06 bits per heavy atom. The first-order valence-corrected chi connectivity index (χ1v) is 7.83. The van der Waals surface area contributed by atoms with Gasteiger partial charge in [0.05, 0.1) is 0 Å². The van der Waals surface area contributed by atoms with Crippen molar-refractivity contribution < 1.29 is 0 Å². The normalized spacial score (nSPS) is 17.2. The van der Waals surface area contributed by atoms with E-state index in [9.17, 15) is 0 Å². The van der Waals surface area contributed by atoms with Crippen molar-refractivity contribution in [2.75, 3.05) is 12.3 Å². The summed E-state index contributed by atoms with van der Waals surface area (Å²) in [6, 6.07) is 8.86. The zero-order valence-electron chi connectivity index (χ0n) is 10.1. The highest BCUT2D eigenvalue weighted by Gasteiger charge is 2.11. The Labute approximate surface area is 113 Å². The van der Waals surface area contributed by atoms with Crippen molar-refractivity contribution in [2.24, 2.45) is 0 Å². The maximum Gasteiger partial charge on any atom is 0.0417 e. The molecular weight excluding hydrogens is 250 g/mol. The molecule has 0 aliphatic heterocycles. The number of nitrogens with one attached hydrogen (secondary N) is 1. The van der Waals surface area contributed by atoms with Crippen molar-refractivity contribution in [3.63, 3.8) is 0 Å². The third-order valence-corrected chi connectivity index (χ3v) is 4.44. The zero-order valence-corrected chi connectivity index (χ0v) is 11.7. The summed E-state index contributed by atoms with van der Waals surface area (Å²) in [4.78, 5) is 1.27. The van der Waals surface area contributed by atoms with Crippen molar-refractivity contribution >= 4 is 23.4 Å². The van der Waals surface area contributed by atoms with E-state index in [4.69, 9.17) is 11.6 Å². The Kier molecular flexibility index (Phi) is 5.69. The van der Waals surface area contributed by atoms with Crippen LogP contribution in [0.1, 0.15) is 32.1 Å². The molecule has 0 atom stereocenters. The molecule has 1 aromatic rings. The summed E-state index contributed by atoms with van der Waals surface area (Å²) in [5.74, 6) is 1.12. The van der Waals surface area contributed by atoms with Crippen LogP contribution in [0, 0.1) is 0 Å². The van der Waals surface area contributed by atoms with Gasteiger partial charge in [-0.3, -0.25) is 0 Å². The summed E-state index contributed by atoms with van der Waals surface area (Å²) in [5, 5.41) is 4.48. The third-order valence-electron chi connectivity index (χ3n) is 3.21. The summed E-state index contributed by atoms with van der Waals surface area (Å²) in [5.41, 5.74) is 0.